The minimum absolute atomic E-state index is 0.0489. The van der Waals surface area contributed by atoms with Crippen LogP contribution in [-0.4, -0.2) is 28.0 Å². The quantitative estimate of drug-likeness (QED) is 0.454. The predicted octanol–water partition coefficient (Wildman–Crippen LogP) is 7.23. The molecule has 2 aromatic rings. The molecule has 2 fully saturated rings. The Labute approximate surface area is 199 Å². The summed E-state index contributed by atoms with van der Waals surface area (Å²) in [4.78, 5) is 0. The van der Waals surface area contributed by atoms with Crippen LogP contribution >= 0.6 is 7.52 Å². The molecule has 0 amide bonds. The van der Waals surface area contributed by atoms with E-state index in [4.69, 9.17) is 4.52 Å². The van der Waals surface area contributed by atoms with Gasteiger partial charge in [0.1, 0.15) is 5.66 Å². The average Bonchev–Trinajstić information content (AvgIpc) is 2.78. The maximum Gasteiger partial charge on any atom is 0.283 e. The third-order valence-corrected chi connectivity index (χ3v) is 10.9. The van der Waals surface area contributed by atoms with E-state index in [1.807, 2.05) is 60.7 Å². The number of aliphatic hydroxyl groups excluding tert-OH is 1. The molecular weight excluding hydrogens is 429 g/mol. The molecule has 1 saturated carbocycles. The van der Waals surface area contributed by atoms with E-state index < -0.39 is 19.3 Å². The highest BCUT2D eigenvalue weighted by molar-refractivity contribution is 7.57. The first-order chi connectivity index (χ1) is 15.6. The normalized spacial score (nSPS) is 31.7. The molecule has 1 saturated heterocycles. The molecule has 4 rings (SSSR count). The number of hydrogen-bond acceptors (Lipinski definition) is 3. The van der Waals surface area contributed by atoms with Gasteiger partial charge in [-0.3, -0.25) is 4.57 Å². The van der Waals surface area contributed by atoms with Gasteiger partial charge in [-0.2, -0.15) is 0 Å². The van der Waals surface area contributed by atoms with Gasteiger partial charge in [-0.15, -0.1) is 0 Å². The highest BCUT2D eigenvalue weighted by Gasteiger charge is 2.59. The van der Waals surface area contributed by atoms with E-state index in [0.717, 1.165) is 24.0 Å². The van der Waals surface area contributed by atoms with E-state index in [2.05, 4.69) is 39.3 Å². The zero-order valence-corrected chi connectivity index (χ0v) is 21.6. The summed E-state index contributed by atoms with van der Waals surface area (Å²) in [6.45, 7) is 11.8. The maximum atomic E-state index is 15.3. The summed E-state index contributed by atoms with van der Waals surface area (Å²) in [5, 5.41) is 11.7. The number of nitrogens with zero attached hydrogens (tertiary/aromatic N) is 1. The van der Waals surface area contributed by atoms with Crippen LogP contribution in [0.2, 0.25) is 0 Å². The molecule has 33 heavy (non-hydrogen) atoms. The summed E-state index contributed by atoms with van der Waals surface area (Å²) < 4.78 is 24.3. The van der Waals surface area contributed by atoms with Gasteiger partial charge >= 0.3 is 0 Å². The van der Waals surface area contributed by atoms with Crippen LogP contribution in [-0.2, 0) is 9.09 Å². The van der Waals surface area contributed by atoms with Gasteiger partial charge < -0.3 is 9.63 Å². The Morgan fingerprint density at radius 1 is 1.03 bits per heavy atom. The van der Waals surface area contributed by atoms with E-state index in [-0.39, 0.29) is 11.6 Å². The van der Waals surface area contributed by atoms with Crippen molar-refractivity contribution in [2.75, 3.05) is 6.54 Å². The van der Waals surface area contributed by atoms with Crippen molar-refractivity contribution >= 4 is 7.52 Å². The van der Waals surface area contributed by atoms with E-state index in [1.165, 1.54) is 6.42 Å². The lowest BCUT2D eigenvalue weighted by molar-refractivity contribution is -0.0554. The Bertz CT molecular complexity index is 962. The van der Waals surface area contributed by atoms with Crippen molar-refractivity contribution in [2.24, 2.45) is 17.8 Å². The zero-order valence-electron chi connectivity index (χ0n) is 20.7. The summed E-state index contributed by atoms with van der Waals surface area (Å²) in [6, 6.07) is 19.5. The van der Waals surface area contributed by atoms with Crippen molar-refractivity contribution in [3.8, 4) is 0 Å². The summed E-state index contributed by atoms with van der Waals surface area (Å²) in [5.74, 6) is 1.21. The molecule has 180 valence electrons. The molecule has 2 aliphatic rings. The number of rotatable bonds is 6. The Balaban J connectivity index is 1.87. The van der Waals surface area contributed by atoms with Crippen LogP contribution in [0.25, 0.3) is 0 Å². The topological polar surface area (TPSA) is 49.8 Å². The zero-order chi connectivity index (χ0) is 23.8. The first-order valence-corrected chi connectivity index (χ1v) is 14.1. The van der Waals surface area contributed by atoms with Gasteiger partial charge in [0.05, 0.1) is 12.2 Å². The highest BCUT2D eigenvalue weighted by atomic mass is 31.2. The minimum Gasteiger partial charge on any atom is -0.387 e. The lowest BCUT2D eigenvalue weighted by Crippen LogP contribution is -2.59. The van der Waals surface area contributed by atoms with Gasteiger partial charge in [0, 0.05) is 18.0 Å². The first-order valence-electron chi connectivity index (χ1n) is 12.5. The Morgan fingerprint density at radius 3 is 2.18 bits per heavy atom. The lowest BCUT2D eigenvalue weighted by atomic mass is 9.71. The molecule has 1 aliphatic heterocycles. The van der Waals surface area contributed by atoms with Crippen LogP contribution in [0.4, 0.5) is 0 Å². The van der Waals surface area contributed by atoms with Gasteiger partial charge in [0.15, 0.2) is 0 Å². The second-order valence-electron chi connectivity index (χ2n) is 11.1. The number of fused-ring (bicyclic) bond motifs is 1. The standard InChI is InChI=1S/C28H40NO3P/c1-20(2)19-29-28(4,5)24-17-16-21(3)18-25(24)32-33(29,31)27(23-14-10-7-11-15-23)26(30)22-12-8-6-9-13-22/h6-15,20-21,24-27,30H,16-19H2,1-5H3/t21-,24-,25-,26-,27+,33+/m1/s1. The molecule has 0 unspecified atom stereocenters. The molecule has 0 bridgehead atoms. The predicted molar refractivity (Wildman–Crippen MR) is 135 cm³/mol. The van der Waals surface area contributed by atoms with Crippen LogP contribution in [0.3, 0.4) is 0 Å². The van der Waals surface area contributed by atoms with Crippen LogP contribution in [0, 0.1) is 17.8 Å². The Hall–Kier alpha value is -1.45. The molecule has 4 nitrogen and oxygen atoms in total. The second kappa shape index (κ2) is 9.66. The van der Waals surface area contributed by atoms with Crippen molar-refractivity contribution < 1.29 is 14.2 Å². The van der Waals surface area contributed by atoms with Crippen molar-refractivity contribution in [2.45, 2.75) is 77.3 Å². The molecule has 5 heteroatoms. The molecule has 6 atom stereocenters. The summed E-state index contributed by atoms with van der Waals surface area (Å²) >= 11 is 0. The van der Waals surface area contributed by atoms with E-state index in [1.54, 1.807) is 0 Å². The monoisotopic (exact) mass is 469 g/mol. The van der Waals surface area contributed by atoms with Gasteiger partial charge in [0.25, 0.3) is 7.52 Å². The summed E-state index contributed by atoms with van der Waals surface area (Å²) in [7, 11) is -3.49. The number of aliphatic hydroxyl groups is 1. The summed E-state index contributed by atoms with van der Waals surface area (Å²) in [5.41, 5.74) is 0.694. The maximum absolute atomic E-state index is 15.3. The molecule has 1 N–H and O–H groups in total. The van der Waals surface area contributed by atoms with Gasteiger partial charge in [0.2, 0.25) is 0 Å². The van der Waals surface area contributed by atoms with Crippen LogP contribution < -0.4 is 0 Å². The molecule has 0 radical (unpaired) electrons. The third-order valence-electron chi connectivity index (χ3n) is 7.72. The number of benzene rings is 2. The summed E-state index contributed by atoms with van der Waals surface area (Å²) in [6.07, 6.45) is 2.22. The van der Waals surface area contributed by atoms with E-state index in [0.29, 0.717) is 24.3 Å². The Kier molecular flexibility index (Phi) is 7.22. The SMILES string of the molecule is CC(C)CN1C(C)(C)[C@@H]2CC[C@@H](C)C[C@H]2O[P@@]1(=O)[C@@H](c1ccccc1)[C@H](O)c1ccccc1. The fourth-order valence-corrected chi connectivity index (χ4v) is 9.66. The second-order valence-corrected chi connectivity index (χ2v) is 13.5. The van der Waals surface area contributed by atoms with E-state index >= 15 is 4.57 Å². The van der Waals surface area contributed by atoms with Crippen molar-refractivity contribution in [1.29, 1.82) is 0 Å². The van der Waals surface area contributed by atoms with Crippen LogP contribution in [0.5, 0.6) is 0 Å². The first kappa shape index (κ1) is 24.7. The smallest absolute Gasteiger partial charge is 0.283 e. The third kappa shape index (κ3) is 4.73. The van der Waals surface area contributed by atoms with Crippen molar-refractivity contribution in [3.63, 3.8) is 0 Å². The average molecular weight is 470 g/mol. The largest absolute Gasteiger partial charge is 0.387 e. The van der Waals surface area contributed by atoms with Gasteiger partial charge in [-0.1, -0.05) is 87.9 Å². The van der Waals surface area contributed by atoms with Crippen LogP contribution in [0.1, 0.15) is 76.8 Å². The highest BCUT2D eigenvalue weighted by Crippen LogP contribution is 2.73. The van der Waals surface area contributed by atoms with Crippen molar-refractivity contribution in [1.82, 2.24) is 4.67 Å². The van der Waals surface area contributed by atoms with E-state index in [9.17, 15) is 5.11 Å². The molecule has 0 aromatic heterocycles. The van der Waals surface area contributed by atoms with Crippen LogP contribution in [0.15, 0.2) is 60.7 Å². The van der Waals surface area contributed by atoms with Gasteiger partial charge in [-0.05, 0) is 49.7 Å². The molecule has 0 spiro atoms. The molecular formula is C28H40NO3P. The molecule has 1 heterocycles. The lowest BCUT2D eigenvalue weighted by Gasteiger charge is -2.58. The molecule has 2 aromatic carbocycles. The number of hydrogen-bond donors (Lipinski definition) is 1. The fraction of sp³-hybridized carbons (Fsp3) is 0.571. The Morgan fingerprint density at radius 2 is 1.61 bits per heavy atom. The fourth-order valence-electron chi connectivity index (χ4n) is 6.00. The molecule has 1 aliphatic carbocycles. The van der Waals surface area contributed by atoms with Crippen molar-refractivity contribution in [3.05, 3.63) is 71.8 Å². The minimum atomic E-state index is -3.49. The van der Waals surface area contributed by atoms with Gasteiger partial charge in [-0.25, -0.2) is 4.67 Å².